The number of rotatable bonds is 2. The second-order valence-corrected chi connectivity index (χ2v) is 4.16. The number of benzene rings is 1. The van der Waals surface area contributed by atoms with E-state index >= 15 is 0 Å². The Morgan fingerprint density at radius 2 is 2.25 bits per heavy atom. The minimum atomic E-state index is -0.473. The average molecular weight is 286 g/mol. The first kappa shape index (κ1) is 10.9. The molecule has 84 valence electrons. The quantitative estimate of drug-likeness (QED) is 0.923. The molecule has 1 heterocycles. The van der Waals surface area contributed by atoms with Gasteiger partial charge in [0.25, 0.3) is 5.88 Å². The maximum absolute atomic E-state index is 13.4. The number of ether oxygens (including phenoxy) is 1. The number of nitrogen functional groups attached to an aromatic ring is 1. The van der Waals surface area contributed by atoms with Gasteiger partial charge in [-0.2, -0.15) is 0 Å². The van der Waals surface area contributed by atoms with Crippen LogP contribution >= 0.6 is 15.9 Å². The lowest BCUT2D eigenvalue weighted by Crippen LogP contribution is -1.93. The number of halogens is 2. The predicted molar refractivity (Wildman–Crippen MR) is 61.8 cm³/mol. The second kappa shape index (κ2) is 4.13. The molecule has 0 saturated heterocycles. The lowest BCUT2D eigenvalue weighted by atomic mass is 10.3. The fourth-order valence-corrected chi connectivity index (χ4v) is 1.56. The standard InChI is InChI=1S/C10H9BrFN3O/c1-15-5-8(13)10(14-15)16-9-3-2-6(11)4-7(9)12/h2-5H,13H2,1H3. The van der Waals surface area contributed by atoms with Gasteiger partial charge < -0.3 is 10.5 Å². The maximum Gasteiger partial charge on any atom is 0.261 e. The van der Waals surface area contributed by atoms with Crippen molar-refractivity contribution in [2.45, 2.75) is 0 Å². The average Bonchev–Trinajstić information content (AvgIpc) is 2.50. The summed E-state index contributed by atoms with van der Waals surface area (Å²) in [6, 6.07) is 4.50. The van der Waals surface area contributed by atoms with Gasteiger partial charge in [-0.05, 0) is 18.2 Å². The topological polar surface area (TPSA) is 53.1 Å². The summed E-state index contributed by atoms with van der Waals surface area (Å²) in [5, 5.41) is 3.96. The molecule has 0 atom stereocenters. The third-order valence-corrected chi connectivity index (χ3v) is 2.42. The van der Waals surface area contributed by atoms with Gasteiger partial charge in [0.15, 0.2) is 11.6 Å². The van der Waals surface area contributed by atoms with Gasteiger partial charge in [0.1, 0.15) is 5.69 Å². The first-order chi connectivity index (χ1) is 7.56. The Balaban J connectivity index is 2.30. The first-order valence-corrected chi connectivity index (χ1v) is 5.27. The Morgan fingerprint density at radius 3 is 2.81 bits per heavy atom. The highest BCUT2D eigenvalue weighted by Crippen LogP contribution is 2.28. The van der Waals surface area contributed by atoms with Crippen LogP contribution in [0.5, 0.6) is 11.6 Å². The molecular weight excluding hydrogens is 277 g/mol. The summed E-state index contributed by atoms with van der Waals surface area (Å²) >= 11 is 3.16. The van der Waals surface area contributed by atoms with Crippen LogP contribution in [-0.2, 0) is 7.05 Å². The number of nitrogens with zero attached hydrogens (tertiary/aromatic N) is 2. The fourth-order valence-electron chi connectivity index (χ4n) is 1.23. The van der Waals surface area contributed by atoms with E-state index < -0.39 is 5.82 Å². The van der Waals surface area contributed by atoms with E-state index in [4.69, 9.17) is 10.5 Å². The smallest absolute Gasteiger partial charge is 0.261 e. The summed E-state index contributed by atoms with van der Waals surface area (Å²) in [6.45, 7) is 0. The summed E-state index contributed by atoms with van der Waals surface area (Å²) in [5.41, 5.74) is 5.99. The largest absolute Gasteiger partial charge is 0.433 e. The van der Waals surface area contributed by atoms with Crippen LogP contribution < -0.4 is 10.5 Å². The molecule has 2 aromatic rings. The third kappa shape index (κ3) is 2.16. The van der Waals surface area contributed by atoms with Crippen LogP contribution in [0.1, 0.15) is 0 Å². The number of aryl methyl sites for hydroxylation is 1. The Kier molecular flexibility index (Phi) is 2.82. The molecule has 0 bridgehead atoms. The fraction of sp³-hybridized carbons (Fsp3) is 0.100. The predicted octanol–water partition coefficient (Wildman–Crippen LogP) is 2.70. The van der Waals surface area contributed by atoms with Crippen molar-refractivity contribution in [2.24, 2.45) is 7.05 Å². The lowest BCUT2D eigenvalue weighted by Gasteiger charge is -2.04. The number of nitrogens with two attached hydrogens (primary N) is 1. The molecule has 0 fully saturated rings. The monoisotopic (exact) mass is 285 g/mol. The molecule has 6 heteroatoms. The summed E-state index contributed by atoms with van der Waals surface area (Å²) in [4.78, 5) is 0. The highest BCUT2D eigenvalue weighted by Gasteiger charge is 2.10. The zero-order valence-electron chi connectivity index (χ0n) is 8.45. The van der Waals surface area contributed by atoms with E-state index in [0.717, 1.165) is 0 Å². The van der Waals surface area contributed by atoms with Gasteiger partial charge in [-0.25, -0.2) is 4.39 Å². The van der Waals surface area contributed by atoms with Crippen molar-refractivity contribution in [1.29, 1.82) is 0 Å². The van der Waals surface area contributed by atoms with Crippen LogP contribution in [0.2, 0.25) is 0 Å². The van der Waals surface area contributed by atoms with Gasteiger partial charge in [-0.15, -0.1) is 5.10 Å². The molecule has 0 aliphatic carbocycles. The molecule has 0 aliphatic heterocycles. The highest BCUT2D eigenvalue weighted by atomic mass is 79.9. The molecule has 0 amide bonds. The Hall–Kier alpha value is -1.56. The molecule has 4 nitrogen and oxygen atoms in total. The zero-order chi connectivity index (χ0) is 11.7. The number of aromatic nitrogens is 2. The molecule has 1 aromatic heterocycles. The Bertz CT molecular complexity index is 527. The van der Waals surface area contributed by atoms with Crippen LogP contribution in [0.25, 0.3) is 0 Å². The zero-order valence-corrected chi connectivity index (χ0v) is 10.0. The van der Waals surface area contributed by atoms with Crippen LogP contribution in [0, 0.1) is 5.82 Å². The minimum absolute atomic E-state index is 0.0913. The van der Waals surface area contributed by atoms with Crippen LogP contribution in [0.15, 0.2) is 28.9 Å². The Labute approximate surface area is 99.9 Å². The molecule has 0 spiro atoms. The van der Waals surface area contributed by atoms with Crippen molar-refractivity contribution >= 4 is 21.6 Å². The van der Waals surface area contributed by atoms with Gasteiger partial charge in [-0.3, -0.25) is 4.68 Å². The van der Waals surface area contributed by atoms with E-state index in [1.54, 1.807) is 19.3 Å². The van der Waals surface area contributed by atoms with Gasteiger partial charge in [-0.1, -0.05) is 15.9 Å². The van der Waals surface area contributed by atoms with Crippen molar-refractivity contribution in [3.8, 4) is 11.6 Å². The van der Waals surface area contributed by atoms with E-state index in [1.807, 2.05) is 0 Å². The van der Waals surface area contributed by atoms with Crippen molar-refractivity contribution in [3.63, 3.8) is 0 Å². The molecule has 2 N–H and O–H groups in total. The molecule has 2 rings (SSSR count). The van der Waals surface area contributed by atoms with Gasteiger partial charge >= 0.3 is 0 Å². The minimum Gasteiger partial charge on any atom is -0.433 e. The number of anilines is 1. The SMILES string of the molecule is Cn1cc(N)c(Oc2ccc(Br)cc2F)n1. The molecule has 1 aromatic carbocycles. The molecule has 0 radical (unpaired) electrons. The number of hydrogen-bond acceptors (Lipinski definition) is 3. The molecule has 0 aliphatic rings. The van der Waals surface area contributed by atoms with E-state index in [2.05, 4.69) is 21.0 Å². The maximum atomic E-state index is 13.4. The normalized spacial score (nSPS) is 10.4. The van der Waals surface area contributed by atoms with Crippen molar-refractivity contribution in [2.75, 3.05) is 5.73 Å². The van der Waals surface area contributed by atoms with Crippen molar-refractivity contribution in [3.05, 3.63) is 34.7 Å². The van der Waals surface area contributed by atoms with Gasteiger partial charge in [0.2, 0.25) is 0 Å². The van der Waals surface area contributed by atoms with E-state index in [1.165, 1.54) is 16.8 Å². The summed E-state index contributed by atoms with van der Waals surface area (Å²) in [6.07, 6.45) is 1.59. The van der Waals surface area contributed by atoms with Crippen LogP contribution in [0.4, 0.5) is 10.1 Å². The van der Waals surface area contributed by atoms with Crippen LogP contribution in [-0.4, -0.2) is 9.78 Å². The first-order valence-electron chi connectivity index (χ1n) is 4.48. The van der Waals surface area contributed by atoms with Crippen LogP contribution in [0.3, 0.4) is 0 Å². The van der Waals surface area contributed by atoms with Crippen molar-refractivity contribution in [1.82, 2.24) is 9.78 Å². The molecular formula is C10H9BrFN3O. The molecule has 0 unspecified atom stereocenters. The molecule has 0 saturated carbocycles. The second-order valence-electron chi connectivity index (χ2n) is 3.24. The van der Waals surface area contributed by atoms with E-state index in [0.29, 0.717) is 10.2 Å². The summed E-state index contributed by atoms with van der Waals surface area (Å²) in [5.74, 6) is -0.184. The number of hydrogen-bond donors (Lipinski definition) is 1. The van der Waals surface area contributed by atoms with Gasteiger partial charge in [0.05, 0.1) is 6.20 Å². The van der Waals surface area contributed by atoms with Gasteiger partial charge in [0, 0.05) is 11.5 Å². The van der Waals surface area contributed by atoms with E-state index in [9.17, 15) is 4.39 Å². The molecule has 16 heavy (non-hydrogen) atoms. The summed E-state index contributed by atoms with van der Waals surface area (Å²) in [7, 11) is 1.71. The lowest BCUT2D eigenvalue weighted by molar-refractivity contribution is 0.423. The van der Waals surface area contributed by atoms with E-state index in [-0.39, 0.29) is 11.6 Å². The highest BCUT2D eigenvalue weighted by molar-refractivity contribution is 9.10. The third-order valence-electron chi connectivity index (χ3n) is 1.92. The van der Waals surface area contributed by atoms with Crippen molar-refractivity contribution < 1.29 is 9.13 Å². The Morgan fingerprint density at radius 1 is 1.50 bits per heavy atom. The summed E-state index contributed by atoms with van der Waals surface area (Å²) < 4.78 is 20.9.